The normalized spacial score (nSPS) is 9.71. The summed E-state index contributed by atoms with van der Waals surface area (Å²) in [6.45, 7) is 0.253. The molecule has 0 aliphatic heterocycles. The van der Waals surface area contributed by atoms with Gasteiger partial charge >= 0.3 is 5.97 Å². The van der Waals surface area contributed by atoms with Gasteiger partial charge in [0.05, 0.1) is 24.3 Å². The van der Waals surface area contributed by atoms with Crippen molar-refractivity contribution in [1.29, 1.82) is 5.26 Å². The smallest absolute Gasteiger partial charge is 0.341 e. The van der Waals surface area contributed by atoms with Crippen LogP contribution in [0.4, 0.5) is 0 Å². The number of rotatable bonds is 4. The molecule has 0 aliphatic carbocycles. The van der Waals surface area contributed by atoms with Crippen LogP contribution in [0.5, 0.6) is 0 Å². The van der Waals surface area contributed by atoms with Crippen molar-refractivity contribution < 1.29 is 18.7 Å². The van der Waals surface area contributed by atoms with Gasteiger partial charge in [-0.05, 0) is 17.7 Å². The van der Waals surface area contributed by atoms with Crippen molar-refractivity contribution in [3.05, 3.63) is 59.0 Å². The largest absolute Gasteiger partial charge is 0.465 e. The molecule has 1 aromatic carbocycles. The van der Waals surface area contributed by atoms with Gasteiger partial charge in [-0.1, -0.05) is 12.1 Å². The maximum atomic E-state index is 11.9. The highest BCUT2D eigenvalue weighted by Crippen LogP contribution is 2.10. The number of nitrogens with one attached hydrogen (secondary N) is 1. The first-order chi connectivity index (χ1) is 10.1. The van der Waals surface area contributed by atoms with E-state index in [1.807, 2.05) is 6.07 Å². The van der Waals surface area contributed by atoms with Crippen LogP contribution in [0, 0.1) is 11.3 Å². The fourth-order valence-corrected chi connectivity index (χ4v) is 1.70. The summed E-state index contributed by atoms with van der Waals surface area (Å²) in [5.41, 5.74) is 1.49. The van der Waals surface area contributed by atoms with Crippen LogP contribution in [0.2, 0.25) is 0 Å². The number of carbonyl (C=O) groups is 2. The second-order valence-corrected chi connectivity index (χ2v) is 4.19. The summed E-state index contributed by atoms with van der Waals surface area (Å²) in [6.07, 6.45) is 1.16. The molecule has 0 aliphatic rings. The van der Waals surface area contributed by atoms with Crippen molar-refractivity contribution >= 4 is 11.9 Å². The Hall–Kier alpha value is -3.07. The Morgan fingerprint density at radius 2 is 2.19 bits per heavy atom. The number of nitrogens with zero attached hydrogens (tertiary/aromatic N) is 1. The van der Waals surface area contributed by atoms with Gasteiger partial charge in [-0.3, -0.25) is 4.79 Å². The van der Waals surface area contributed by atoms with Crippen molar-refractivity contribution in [3.8, 4) is 6.07 Å². The van der Waals surface area contributed by atoms with Crippen LogP contribution in [0.15, 0.2) is 41.0 Å². The summed E-state index contributed by atoms with van der Waals surface area (Å²) in [5, 5.41) is 11.4. The molecule has 0 fully saturated rings. The van der Waals surface area contributed by atoms with Gasteiger partial charge in [0.1, 0.15) is 6.26 Å². The molecule has 2 aromatic rings. The predicted octanol–water partition coefficient (Wildman–Crippen LogP) is 1.87. The molecule has 1 aromatic heterocycles. The lowest BCUT2D eigenvalue weighted by Gasteiger charge is -2.03. The molecule has 0 atom stereocenters. The van der Waals surface area contributed by atoms with Crippen molar-refractivity contribution in [2.24, 2.45) is 0 Å². The second-order valence-electron chi connectivity index (χ2n) is 4.19. The van der Waals surface area contributed by atoms with Crippen LogP contribution in [-0.4, -0.2) is 19.0 Å². The van der Waals surface area contributed by atoms with Crippen molar-refractivity contribution in [3.63, 3.8) is 0 Å². The lowest BCUT2D eigenvalue weighted by molar-refractivity contribution is 0.0599. The highest BCUT2D eigenvalue weighted by atomic mass is 16.5. The molecule has 1 heterocycles. The van der Waals surface area contributed by atoms with Gasteiger partial charge in [-0.15, -0.1) is 0 Å². The molecule has 1 amide bonds. The Bertz CT molecular complexity index is 712. The molecule has 21 heavy (non-hydrogen) atoms. The molecule has 0 saturated carbocycles. The Labute approximate surface area is 120 Å². The van der Waals surface area contributed by atoms with Crippen LogP contribution in [0.3, 0.4) is 0 Å². The number of benzene rings is 1. The summed E-state index contributed by atoms with van der Waals surface area (Å²) in [6, 6.07) is 10.2. The lowest BCUT2D eigenvalue weighted by Crippen LogP contribution is -2.22. The minimum absolute atomic E-state index is 0.0202. The first-order valence-corrected chi connectivity index (χ1v) is 6.08. The van der Waals surface area contributed by atoms with Crippen molar-refractivity contribution in [2.45, 2.75) is 6.54 Å². The van der Waals surface area contributed by atoms with E-state index >= 15 is 0 Å². The Kier molecular flexibility index (Phi) is 4.36. The molecular weight excluding hydrogens is 272 g/mol. The van der Waals surface area contributed by atoms with E-state index in [1.165, 1.54) is 13.2 Å². The lowest BCUT2D eigenvalue weighted by atomic mass is 10.1. The number of furan rings is 1. The zero-order valence-corrected chi connectivity index (χ0v) is 11.3. The third-order valence-corrected chi connectivity index (χ3v) is 2.75. The number of methoxy groups -OCH3 is 1. The van der Waals surface area contributed by atoms with Gasteiger partial charge in [-0.25, -0.2) is 4.79 Å². The molecule has 0 saturated heterocycles. The minimum atomic E-state index is -0.570. The third-order valence-electron chi connectivity index (χ3n) is 2.75. The summed E-state index contributed by atoms with van der Waals surface area (Å²) < 4.78 is 9.54. The molecule has 2 rings (SSSR count). The Morgan fingerprint density at radius 3 is 2.90 bits per heavy atom. The molecule has 106 valence electrons. The zero-order valence-electron chi connectivity index (χ0n) is 11.3. The highest BCUT2D eigenvalue weighted by molar-refractivity contribution is 5.96. The Balaban J connectivity index is 2.00. The molecule has 0 unspecified atom stereocenters. The van der Waals surface area contributed by atoms with Gasteiger partial charge in [0.15, 0.2) is 5.76 Å². The maximum Gasteiger partial charge on any atom is 0.341 e. The van der Waals surface area contributed by atoms with Crippen molar-refractivity contribution in [1.82, 2.24) is 5.32 Å². The van der Waals surface area contributed by atoms with Crippen LogP contribution < -0.4 is 5.32 Å². The molecular formula is C15H12N2O4. The van der Waals surface area contributed by atoms with E-state index in [0.29, 0.717) is 5.56 Å². The number of esters is 1. The van der Waals surface area contributed by atoms with Crippen LogP contribution in [0.1, 0.15) is 32.0 Å². The first-order valence-electron chi connectivity index (χ1n) is 6.08. The third kappa shape index (κ3) is 3.48. The van der Waals surface area contributed by atoms with Gasteiger partial charge in [0.25, 0.3) is 5.91 Å². The van der Waals surface area contributed by atoms with Crippen LogP contribution >= 0.6 is 0 Å². The first kappa shape index (κ1) is 14.3. The SMILES string of the molecule is COC(=O)c1coc(C(=O)NCc2cccc(C#N)c2)c1. The van der Waals surface area contributed by atoms with Crippen LogP contribution in [0.25, 0.3) is 0 Å². The zero-order chi connectivity index (χ0) is 15.2. The maximum absolute atomic E-state index is 11.9. The molecule has 0 spiro atoms. The molecule has 0 radical (unpaired) electrons. The average Bonchev–Trinajstić information content (AvgIpc) is 3.02. The van der Waals surface area contributed by atoms with E-state index in [0.717, 1.165) is 11.8 Å². The quantitative estimate of drug-likeness (QED) is 0.865. The van der Waals surface area contributed by atoms with Gasteiger partial charge < -0.3 is 14.5 Å². The number of ether oxygens (including phenoxy) is 1. The number of hydrogen-bond acceptors (Lipinski definition) is 5. The fourth-order valence-electron chi connectivity index (χ4n) is 1.70. The number of amides is 1. The minimum Gasteiger partial charge on any atom is -0.465 e. The number of carbonyl (C=O) groups excluding carboxylic acids is 2. The fraction of sp³-hybridized carbons (Fsp3) is 0.133. The Morgan fingerprint density at radius 1 is 1.38 bits per heavy atom. The highest BCUT2D eigenvalue weighted by Gasteiger charge is 2.15. The van der Waals surface area contributed by atoms with E-state index in [4.69, 9.17) is 9.68 Å². The summed E-state index contributed by atoms with van der Waals surface area (Å²) >= 11 is 0. The van der Waals surface area contributed by atoms with E-state index in [2.05, 4.69) is 10.1 Å². The molecule has 1 N–H and O–H groups in total. The van der Waals surface area contributed by atoms with Gasteiger partial charge in [0, 0.05) is 12.6 Å². The predicted molar refractivity (Wildman–Crippen MR) is 72.4 cm³/mol. The van der Waals surface area contributed by atoms with E-state index in [-0.39, 0.29) is 17.9 Å². The second kappa shape index (κ2) is 6.39. The van der Waals surface area contributed by atoms with Crippen molar-refractivity contribution in [2.75, 3.05) is 7.11 Å². The summed E-state index contributed by atoms with van der Waals surface area (Å²) in [7, 11) is 1.25. The standard InChI is InChI=1S/C15H12N2O4/c1-20-15(19)12-6-13(21-9-12)14(18)17-8-11-4-2-3-10(5-11)7-16/h2-6,9H,8H2,1H3,(H,17,18). The van der Waals surface area contributed by atoms with E-state index < -0.39 is 11.9 Å². The molecule has 6 heteroatoms. The monoisotopic (exact) mass is 284 g/mol. The van der Waals surface area contributed by atoms with Gasteiger partial charge in [0.2, 0.25) is 0 Å². The summed E-state index contributed by atoms with van der Waals surface area (Å²) in [5.74, 6) is -1.00. The summed E-state index contributed by atoms with van der Waals surface area (Å²) in [4.78, 5) is 23.1. The molecule has 0 bridgehead atoms. The number of hydrogen-bond donors (Lipinski definition) is 1. The molecule has 6 nitrogen and oxygen atoms in total. The van der Waals surface area contributed by atoms with E-state index in [9.17, 15) is 9.59 Å². The topological polar surface area (TPSA) is 92.3 Å². The number of nitriles is 1. The van der Waals surface area contributed by atoms with E-state index in [1.54, 1.807) is 24.3 Å². The van der Waals surface area contributed by atoms with Crippen LogP contribution in [-0.2, 0) is 11.3 Å². The average molecular weight is 284 g/mol. The van der Waals surface area contributed by atoms with Gasteiger partial charge in [-0.2, -0.15) is 5.26 Å².